The van der Waals surface area contributed by atoms with Crippen molar-refractivity contribution in [2.45, 2.75) is 50.8 Å². The van der Waals surface area contributed by atoms with E-state index in [1.165, 1.54) is 0 Å². The van der Waals surface area contributed by atoms with Gasteiger partial charge in [-0.05, 0) is 64.6 Å². The van der Waals surface area contributed by atoms with E-state index in [1.807, 2.05) is 7.05 Å². The molecule has 1 fully saturated rings. The highest BCUT2D eigenvalue weighted by molar-refractivity contribution is 4.77. The van der Waals surface area contributed by atoms with Crippen LogP contribution in [0.2, 0.25) is 0 Å². The third-order valence-electron chi connectivity index (χ3n) is 4.24. The molecule has 1 N–H and O–H groups in total. The van der Waals surface area contributed by atoms with E-state index in [1.54, 1.807) is 0 Å². The van der Waals surface area contributed by atoms with Gasteiger partial charge in [-0.15, -0.1) is 0 Å². The molecule has 0 saturated carbocycles. The molecule has 1 atom stereocenters. The van der Waals surface area contributed by atoms with Crippen LogP contribution in [0.4, 0.5) is 13.2 Å². The van der Waals surface area contributed by atoms with E-state index in [2.05, 4.69) is 4.90 Å². The van der Waals surface area contributed by atoms with Gasteiger partial charge in [0.25, 0.3) is 0 Å². The zero-order valence-electron chi connectivity index (χ0n) is 14.0. The fraction of sp³-hybridized carbons (Fsp3) is 1.00. The van der Waals surface area contributed by atoms with E-state index in [4.69, 9.17) is 14.6 Å². The van der Waals surface area contributed by atoms with Gasteiger partial charge in [0, 0.05) is 13.2 Å². The first-order valence-corrected chi connectivity index (χ1v) is 8.49. The Bertz CT molecular complexity index is 295. The summed E-state index contributed by atoms with van der Waals surface area (Å²) in [7, 11) is 1.99. The Morgan fingerprint density at radius 2 is 1.78 bits per heavy atom. The monoisotopic (exact) mass is 341 g/mol. The fourth-order valence-electron chi connectivity index (χ4n) is 2.74. The number of alkyl halides is 3. The molecule has 0 bridgehead atoms. The molecule has 1 saturated heterocycles. The van der Waals surface area contributed by atoms with Crippen molar-refractivity contribution >= 4 is 0 Å². The second kappa shape index (κ2) is 11.2. The number of ether oxygens (including phenoxy) is 2. The van der Waals surface area contributed by atoms with E-state index >= 15 is 0 Å². The highest BCUT2D eigenvalue weighted by Gasteiger charge is 2.42. The Morgan fingerprint density at radius 1 is 1.09 bits per heavy atom. The third-order valence-corrected chi connectivity index (χ3v) is 4.24. The number of hydrogen-bond donors (Lipinski definition) is 1. The number of halogens is 3. The number of aliphatic hydroxyl groups excluding tert-OH is 1. The van der Waals surface area contributed by atoms with Crippen LogP contribution < -0.4 is 0 Å². The van der Waals surface area contributed by atoms with Crippen molar-refractivity contribution in [1.29, 1.82) is 0 Å². The molecular weight excluding hydrogens is 311 g/mol. The molecule has 0 aromatic rings. The largest absolute Gasteiger partial charge is 0.414 e. The molecule has 0 spiro atoms. The SMILES string of the molecule is CN1CCC(CC(OCCOCCCCCO)C(F)(F)F)CC1. The van der Waals surface area contributed by atoms with Crippen LogP contribution in [0.3, 0.4) is 0 Å². The van der Waals surface area contributed by atoms with Crippen molar-refractivity contribution in [2.75, 3.05) is 46.6 Å². The van der Waals surface area contributed by atoms with Crippen molar-refractivity contribution in [3.05, 3.63) is 0 Å². The van der Waals surface area contributed by atoms with Crippen molar-refractivity contribution in [2.24, 2.45) is 5.92 Å². The third kappa shape index (κ3) is 9.49. The summed E-state index contributed by atoms with van der Waals surface area (Å²) in [6.45, 7) is 2.51. The zero-order valence-corrected chi connectivity index (χ0v) is 14.0. The van der Waals surface area contributed by atoms with Gasteiger partial charge in [0.2, 0.25) is 0 Å². The highest BCUT2D eigenvalue weighted by Crippen LogP contribution is 2.31. The fourth-order valence-corrected chi connectivity index (χ4v) is 2.74. The quantitative estimate of drug-likeness (QED) is 0.587. The van der Waals surface area contributed by atoms with Crippen molar-refractivity contribution in [3.63, 3.8) is 0 Å². The summed E-state index contributed by atoms with van der Waals surface area (Å²) in [6, 6.07) is 0. The maximum atomic E-state index is 13.1. The summed E-state index contributed by atoms with van der Waals surface area (Å²) in [5.41, 5.74) is 0. The average molecular weight is 341 g/mol. The lowest BCUT2D eigenvalue weighted by atomic mass is 9.91. The molecule has 1 aliphatic heterocycles. The normalized spacial score (nSPS) is 19.2. The predicted octanol–water partition coefficient (Wildman–Crippen LogP) is 2.85. The molecule has 23 heavy (non-hydrogen) atoms. The minimum atomic E-state index is -4.32. The maximum absolute atomic E-state index is 13.1. The molecule has 0 aromatic carbocycles. The molecule has 0 radical (unpaired) electrons. The lowest BCUT2D eigenvalue weighted by Gasteiger charge is -2.32. The molecule has 0 aromatic heterocycles. The van der Waals surface area contributed by atoms with Crippen LogP contribution in [0.25, 0.3) is 0 Å². The van der Waals surface area contributed by atoms with Crippen molar-refractivity contribution in [1.82, 2.24) is 4.90 Å². The summed E-state index contributed by atoms with van der Waals surface area (Å²) >= 11 is 0. The molecule has 1 heterocycles. The first-order valence-electron chi connectivity index (χ1n) is 8.49. The second-order valence-electron chi connectivity index (χ2n) is 6.28. The van der Waals surface area contributed by atoms with Gasteiger partial charge in [0.05, 0.1) is 13.2 Å². The second-order valence-corrected chi connectivity index (χ2v) is 6.28. The Balaban J connectivity index is 2.19. The molecule has 0 amide bonds. The van der Waals surface area contributed by atoms with E-state index in [0.29, 0.717) is 6.61 Å². The number of piperidine rings is 1. The summed E-state index contributed by atoms with van der Waals surface area (Å²) in [6.07, 6.45) is -1.96. The molecule has 1 rings (SSSR count). The van der Waals surface area contributed by atoms with Crippen LogP contribution >= 0.6 is 0 Å². The van der Waals surface area contributed by atoms with E-state index < -0.39 is 12.3 Å². The van der Waals surface area contributed by atoms with Gasteiger partial charge in [-0.2, -0.15) is 13.2 Å². The maximum Gasteiger partial charge on any atom is 0.414 e. The van der Waals surface area contributed by atoms with Gasteiger partial charge in [0.1, 0.15) is 0 Å². The van der Waals surface area contributed by atoms with E-state index in [-0.39, 0.29) is 32.2 Å². The zero-order chi connectivity index (χ0) is 17.1. The van der Waals surface area contributed by atoms with Crippen LogP contribution in [0.1, 0.15) is 38.5 Å². The van der Waals surface area contributed by atoms with E-state index in [9.17, 15) is 13.2 Å². The summed E-state index contributed by atoms with van der Waals surface area (Å²) in [5, 5.41) is 8.62. The number of nitrogens with zero attached hydrogens (tertiary/aromatic N) is 1. The first-order chi connectivity index (χ1) is 10.9. The van der Waals surface area contributed by atoms with Crippen LogP contribution in [0, 0.1) is 5.92 Å². The van der Waals surface area contributed by atoms with E-state index in [0.717, 1.165) is 45.2 Å². The minimum Gasteiger partial charge on any atom is -0.396 e. The number of unbranched alkanes of at least 4 members (excludes halogenated alkanes) is 2. The number of likely N-dealkylation sites (tertiary alicyclic amines) is 1. The number of hydrogen-bond acceptors (Lipinski definition) is 4. The van der Waals surface area contributed by atoms with Gasteiger partial charge >= 0.3 is 6.18 Å². The predicted molar refractivity (Wildman–Crippen MR) is 82.4 cm³/mol. The van der Waals surface area contributed by atoms with Gasteiger partial charge in [0.15, 0.2) is 6.10 Å². The van der Waals surface area contributed by atoms with Crippen molar-refractivity contribution < 1.29 is 27.8 Å². The summed E-state index contributed by atoms with van der Waals surface area (Å²) in [5.74, 6) is 0.0808. The van der Waals surface area contributed by atoms with Crippen molar-refractivity contribution in [3.8, 4) is 0 Å². The van der Waals surface area contributed by atoms with Crippen LogP contribution in [-0.2, 0) is 9.47 Å². The molecule has 1 aliphatic rings. The summed E-state index contributed by atoms with van der Waals surface area (Å²) < 4.78 is 49.5. The van der Waals surface area contributed by atoms with Gasteiger partial charge in [-0.1, -0.05) is 0 Å². The molecule has 1 unspecified atom stereocenters. The Morgan fingerprint density at radius 3 is 2.39 bits per heavy atom. The lowest BCUT2D eigenvalue weighted by molar-refractivity contribution is -0.228. The molecule has 4 nitrogen and oxygen atoms in total. The highest BCUT2D eigenvalue weighted by atomic mass is 19.4. The first kappa shape index (κ1) is 20.7. The molecular formula is C16H30F3NO3. The van der Waals surface area contributed by atoms with Gasteiger partial charge in [-0.3, -0.25) is 0 Å². The Labute approximate surface area is 136 Å². The number of rotatable bonds is 11. The topological polar surface area (TPSA) is 41.9 Å². The lowest BCUT2D eigenvalue weighted by Crippen LogP contribution is -2.38. The Kier molecular flexibility index (Phi) is 10.1. The average Bonchev–Trinajstić information content (AvgIpc) is 2.49. The van der Waals surface area contributed by atoms with Crippen LogP contribution in [0.15, 0.2) is 0 Å². The Hall–Kier alpha value is -0.370. The molecule has 138 valence electrons. The minimum absolute atomic E-state index is 0.0310. The standard InChI is InChI=1S/C16H30F3NO3/c1-20-7-5-14(6-8-20)13-15(16(17,18)19)23-12-11-22-10-4-2-3-9-21/h14-15,21H,2-13H2,1H3. The van der Waals surface area contributed by atoms with Gasteiger partial charge in [-0.25, -0.2) is 0 Å². The smallest absolute Gasteiger partial charge is 0.396 e. The molecule has 0 aliphatic carbocycles. The summed E-state index contributed by atoms with van der Waals surface area (Å²) in [4.78, 5) is 2.14. The van der Waals surface area contributed by atoms with Gasteiger partial charge < -0.3 is 19.5 Å². The van der Waals surface area contributed by atoms with Crippen LogP contribution in [0.5, 0.6) is 0 Å². The van der Waals surface area contributed by atoms with Crippen LogP contribution in [-0.4, -0.2) is 68.9 Å². The number of aliphatic hydroxyl groups is 1. The molecule has 7 heteroatoms.